The van der Waals surface area contributed by atoms with Crippen molar-refractivity contribution in [1.29, 1.82) is 5.26 Å². The fraction of sp³-hybridized carbons (Fsp3) is 0.467. The van der Waals surface area contributed by atoms with Crippen molar-refractivity contribution in [2.45, 2.75) is 31.1 Å². The molecular formula is C15H14ClN5O. The molecule has 6 nitrogen and oxygen atoms in total. The van der Waals surface area contributed by atoms with Gasteiger partial charge in [-0.3, -0.25) is 0 Å². The van der Waals surface area contributed by atoms with E-state index in [1.54, 1.807) is 12.3 Å². The van der Waals surface area contributed by atoms with Gasteiger partial charge in [0.05, 0.1) is 16.5 Å². The van der Waals surface area contributed by atoms with Crippen LogP contribution >= 0.6 is 11.6 Å². The van der Waals surface area contributed by atoms with Crippen LogP contribution in [0.4, 0.5) is 5.82 Å². The summed E-state index contributed by atoms with van der Waals surface area (Å²) in [6.07, 6.45) is 4.82. The third kappa shape index (κ3) is 2.42. The van der Waals surface area contributed by atoms with Crippen molar-refractivity contribution in [2.24, 2.45) is 0 Å². The van der Waals surface area contributed by atoms with Crippen LogP contribution in [0.2, 0.25) is 5.02 Å². The topological polar surface area (TPSA) is 78.8 Å². The molecule has 0 bridgehead atoms. The second kappa shape index (κ2) is 5.25. The molecule has 112 valence electrons. The van der Waals surface area contributed by atoms with E-state index in [0.29, 0.717) is 28.2 Å². The zero-order valence-corrected chi connectivity index (χ0v) is 12.6. The Kier molecular flexibility index (Phi) is 3.23. The minimum atomic E-state index is 0.216. The molecule has 0 spiro atoms. The smallest absolute Gasteiger partial charge is 0.231 e. The first-order chi connectivity index (χ1) is 10.7. The number of hydrogen-bond acceptors (Lipinski definition) is 6. The van der Waals surface area contributed by atoms with Gasteiger partial charge in [-0.15, -0.1) is 0 Å². The lowest BCUT2D eigenvalue weighted by Crippen LogP contribution is -2.21. The molecule has 2 aromatic heterocycles. The van der Waals surface area contributed by atoms with Crippen molar-refractivity contribution in [2.75, 3.05) is 18.0 Å². The fourth-order valence-electron chi connectivity index (χ4n) is 2.80. The third-order valence-electron chi connectivity index (χ3n) is 4.19. The van der Waals surface area contributed by atoms with E-state index in [9.17, 15) is 0 Å². The van der Waals surface area contributed by atoms with Crippen LogP contribution in [-0.2, 0) is 0 Å². The molecular weight excluding hydrogens is 302 g/mol. The first-order valence-electron chi connectivity index (χ1n) is 7.38. The molecule has 7 heteroatoms. The molecule has 0 N–H and O–H groups in total. The molecule has 0 aromatic carbocycles. The van der Waals surface area contributed by atoms with E-state index in [-0.39, 0.29) is 5.92 Å². The van der Waals surface area contributed by atoms with Gasteiger partial charge in [-0.2, -0.15) is 10.2 Å². The second-order valence-corrected chi connectivity index (χ2v) is 6.25. The van der Waals surface area contributed by atoms with Gasteiger partial charge in [0, 0.05) is 25.2 Å². The minimum absolute atomic E-state index is 0.216. The first kappa shape index (κ1) is 13.5. The van der Waals surface area contributed by atoms with E-state index >= 15 is 0 Å². The number of rotatable bonds is 3. The van der Waals surface area contributed by atoms with Crippen LogP contribution in [0.15, 0.2) is 16.8 Å². The van der Waals surface area contributed by atoms with Gasteiger partial charge in [0.25, 0.3) is 0 Å². The summed E-state index contributed by atoms with van der Waals surface area (Å²) < 4.78 is 5.42. The molecule has 3 heterocycles. The van der Waals surface area contributed by atoms with Crippen molar-refractivity contribution in [3.8, 4) is 6.07 Å². The summed E-state index contributed by atoms with van der Waals surface area (Å²) >= 11 is 6.23. The zero-order valence-electron chi connectivity index (χ0n) is 11.9. The molecule has 0 radical (unpaired) electrons. The fourth-order valence-corrected chi connectivity index (χ4v) is 3.09. The summed E-state index contributed by atoms with van der Waals surface area (Å²) in [5, 5.41) is 13.5. The number of pyridine rings is 1. The number of nitriles is 1. The van der Waals surface area contributed by atoms with Crippen LogP contribution in [0.5, 0.6) is 0 Å². The van der Waals surface area contributed by atoms with Crippen LogP contribution in [-0.4, -0.2) is 28.2 Å². The van der Waals surface area contributed by atoms with Crippen LogP contribution < -0.4 is 4.90 Å². The van der Waals surface area contributed by atoms with Gasteiger partial charge >= 0.3 is 0 Å². The number of aromatic nitrogens is 3. The summed E-state index contributed by atoms with van der Waals surface area (Å²) in [6.45, 7) is 1.59. The van der Waals surface area contributed by atoms with Crippen molar-refractivity contribution < 1.29 is 4.52 Å². The summed E-state index contributed by atoms with van der Waals surface area (Å²) in [5.74, 6) is 3.00. The van der Waals surface area contributed by atoms with Crippen LogP contribution in [0.1, 0.15) is 48.4 Å². The van der Waals surface area contributed by atoms with Gasteiger partial charge < -0.3 is 9.42 Å². The van der Waals surface area contributed by atoms with Crippen LogP contribution in [0.25, 0.3) is 0 Å². The summed E-state index contributed by atoms with van der Waals surface area (Å²) in [4.78, 5) is 10.9. The van der Waals surface area contributed by atoms with Crippen molar-refractivity contribution in [3.63, 3.8) is 0 Å². The molecule has 1 saturated heterocycles. The standard InChI is InChI=1S/C15H14ClN5O/c16-12-5-9(6-17)7-18-14(12)21-4-3-11(8-21)15-19-13(20-22-15)10-1-2-10/h5,7,10-11H,1-4,8H2. The first-order valence-corrected chi connectivity index (χ1v) is 7.76. The van der Waals surface area contributed by atoms with E-state index in [4.69, 9.17) is 21.4 Å². The highest BCUT2D eigenvalue weighted by atomic mass is 35.5. The van der Waals surface area contributed by atoms with Gasteiger partial charge in [0.15, 0.2) is 5.82 Å². The Morgan fingerprint density at radius 2 is 2.18 bits per heavy atom. The SMILES string of the molecule is N#Cc1cnc(N2CCC(c3nc(C4CC4)no3)C2)c(Cl)c1. The van der Waals surface area contributed by atoms with Crippen LogP contribution in [0.3, 0.4) is 0 Å². The predicted octanol–water partition coefficient (Wildman–Crippen LogP) is 2.86. The lowest BCUT2D eigenvalue weighted by molar-refractivity contribution is 0.355. The van der Waals surface area contributed by atoms with E-state index < -0.39 is 0 Å². The Bertz CT molecular complexity index is 749. The lowest BCUT2D eigenvalue weighted by Gasteiger charge is -2.18. The Morgan fingerprint density at radius 3 is 2.91 bits per heavy atom. The number of halogens is 1. The van der Waals surface area contributed by atoms with Gasteiger partial charge in [0.2, 0.25) is 5.89 Å². The van der Waals surface area contributed by atoms with E-state index in [0.717, 1.165) is 25.3 Å². The Hall–Kier alpha value is -2.13. The quantitative estimate of drug-likeness (QED) is 0.866. The van der Waals surface area contributed by atoms with E-state index in [2.05, 4.69) is 20.0 Å². The molecule has 22 heavy (non-hydrogen) atoms. The van der Waals surface area contributed by atoms with Crippen LogP contribution in [0, 0.1) is 11.3 Å². The molecule has 4 rings (SSSR count). The Morgan fingerprint density at radius 1 is 1.32 bits per heavy atom. The molecule has 0 amide bonds. The van der Waals surface area contributed by atoms with Gasteiger partial charge in [0.1, 0.15) is 11.9 Å². The highest BCUT2D eigenvalue weighted by molar-refractivity contribution is 6.33. The number of hydrogen-bond donors (Lipinski definition) is 0. The second-order valence-electron chi connectivity index (χ2n) is 5.84. The van der Waals surface area contributed by atoms with Gasteiger partial charge in [-0.25, -0.2) is 4.98 Å². The van der Waals surface area contributed by atoms with E-state index in [1.165, 1.54) is 12.8 Å². The monoisotopic (exact) mass is 315 g/mol. The molecule has 2 aliphatic rings. The Balaban J connectivity index is 1.50. The predicted molar refractivity (Wildman–Crippen MR) is 79.8 cm³/mol. The molecule has 1 saturated carbocycles. The Labute approximate surface area is 132 Å². The summed E-state index contributed by atoms with van der Waals surface area (Å²) in [7, 11) is 0. The van der Waals surface area contributed by atoms with E-state index in [1.807, 2.05) is 6.07 Å². The lowest BCUT2D eigenvalue weighted by atomic mass is 10.1. The van der Waals surface area contributed by atoms with Gasteiger partial charge in [-0.05, 0) is 25.3 Å². The molecule has 1 atom stereocenters. The average Bonchev–Trinajstić information content (AvgIpc) is 3.07. The summed E-state index contributed by atoms with van der Waals surface area (Å²) in [6, 6.07) is 3.69. The maximum Gasteiger partial charge on any atom is 0.231 e. The minimum Gasteiger partial charge on any atom is -0.355 e. The number of nitrogens with zero attached hydrogens (tertiary/aromatic N) is 5. The van der Waals surface area contributed by atoms with Crippen molar-refractivity contribution >= 4 is 17.4 Å². The number of anilines is 1. The maximum absolute atomic E-state index is 8.87. The van der Waals surface area contributed by atoms with Gasteiger partial charge in [-0.1, -0.05) is 16.8 Å². The molecule has 1 aliphatic heterocycles. The largest absolute Gasteiger partial charge is 0.355 e. The normalized spacial score (nSPS) is 21.1. The highest BCUT2D eigenvalue weighted by Gasteiger charge is 2.33. The molecule has 1 unspecified atom stereocenters. The average molecular weight is 316 g/mol. The summed E-state index contributed by atoms with van der Waals surface area (Å²) in [5.41, 5.74) is 0.468. The third-order valence-corrected chi connectivity index (χ3v) is 4.47. The highest BCUT2D eigenvalue weighted by Crippen LogP contribution is 2.39. The molecule has 2 aromatic rings. The molecule has 1 aliphatic carbocycles. The van der Waals surface area contributed by atoms with Crippen molar-refractivity contribution in [1.82, 2.24) is 15.1 Å². The van der Waals surface area contributed by atoms with Crippen molar-refractivity contribution in [3.05, 3.63) is 34.6 Å². The maximum atomic E-state index is 8.87. The molecule has 2 fully saturated rings. The zero-order chi connectivity index (χ0) is 15.1.